The summed E-state index contributed by atoms with van der Waals surface area (Å²) in [5, 5.41) is 4.28. The average Bonchev–Trinajstić information content (AvgIpc) is 2.84. The summed E-state index contributed by atoms with van der Waals surface area (Å²) in [6.45, 7) is 4.91. The smallest absolute Gasteiger partial charge is 0.178 e. The minimum Gasteiger partial charge on any atom is -0.331 e. The minimum absolute atomic E-state index is 0.752. The van der Waals surface area contributed by atoms with E-state index in [0.717, 1.165) is 22.3 Å². The van der Waals surface area contributed by atoms with E-state index < -0.39 is 0 Å². The lowest BCUT2D eigenvalue weighted by Crippen LogP contribution is -2.01. The number of H-pyrrole nitrogens is 1. The number of benzene rings is 1. The van der Waals surface area contributed by atoms with Crippen LogP contribution in [-0.2, 0) is 13.6 Å². The molecule has 2 aromatic heterocycles. The van der Waals surface area contributed by atoms with Crippen molar-refractivity contribution in [2.45, 2.75) is 20.4 Å². The van der Waals surface area contributed by atoms with E-state index in [1.54, 1.807) is 0 Å². The highest BCUT2D eigenvalue weighted by Gasteiger charge is 2.09. The fraction of sp³-hybridized carbons (Fsp3) is 0.286. The van der Waals surface area contributed by atoms with Crippen molar-refractivity contribution in [2.75, 3.05) is 0 Å². The number of nitrogens with zero attached hydrogens (tertiary/aromatic N) is 3. The van der Waals surface area contributed by atoms with E-state index in [0.29, 0.717) is 0 Å². The Bertz CT molecular complexity index is 807. The molecule has 3 aromatic rings. The molecule has 0 saturated carbocycles. The maximum Gasteiger partial charge on any atom is 0.178 e. The predicted octanol–water partition coefficient (Wildman–Crippen LogP) is 3.10. The third-order valence-corrected chi connectivity index (χ3v) is 3.92. The van der Waals surface area contributed by atoms with Crippen molar-refractivity contribution in [3.05, 3.63) is 46.0 Å². The molecule has 0 aliphatic carbocycles. The molecule has 1 aromatic carbocycles. The standard InChI is InChI=1S/C14H16N4S/c1-9-4-5-13-12(6-9)16-14(19)18(13)8-11-7-15-17(3)10(11)2/h4-7H,8H2,1-3H3,(H,16,19). The Balaban J connectivity index is 2.13. The van der Waals surface area contributed by atoms with Crippen LogP contribution >= 0.6 is 12.2 Å². The summed E-state index contributed by atoms with van der Waals surface area (Å²) >= 11 is 5.43. The highest BCUT2D eigenvalue weighted by Crippen LogP contribution is 2.18. The summed E-state index contributed by atoms with van der Waals surface area (Å²) in [5.74, 6) is 0. The van der Waals surface area contributed by atoms with Crippen LogP contribution in [0.2, 0.25) is 0 Å². The van der Waals surface area contributed by atoms with E-state index in [9.17, 15) is 0 Å². The maximum atomic E-state index is 5.43. The van der Waals surface area contributed by atoms with Crippen LogP contribution < -0.4 is 0 Å². The van der Waals surface area contributed by atoms with Crippen molar-refractivity contribution in [1.82, 2.24) is 19.3 Å². The van der Waals surface area contributed by atoms with Crippen molar-refractivity contribution in [3.8, 4) is 0 Å². The van der Waals surface area contributed by atoms with Gasteiger partial charge in [-0.1, -0.05) is 6.07 Å². The second-order valence-corrected chi connectivity index (χ2v) is 5.30. The summed E-state index contributed by atoms with van der Waals surface area (Å²) in [5.41, 5.74) is 5.82. The molecular formula is C14H16N4S. The zero-order valence-electron chi connectivity index (χ0n) is 11.3. The first kappa shape index (κ1) is 12.2. The summed E-state index contributed by atoms with van der Waals surface area (Å²) < 4.78 is 4.76. The Morgan fingerprint density at radius 2 is 2.11 bits per heavy atom. The first-order chi connectivity index (χ1) is 9.06. The molecule has 0 fully saturated rings. The SMILES string of the molecule is Cc1ccc2c(c1)[nH]c(=S)n2Cc1cnn(C)c1C. The molecule has 5 heteroatoms. The van der Waals surface area contributed by atoms with Gasteiger partial charge in [-0.25, -0.2) is 0 Å². The third-order valence-electron chi connectivity index (χ3n) is 3.59. The molecule has 0 atom stereocenters. The summed E-state index contributed by atoms with van der Waals surface area (Å²) in [7, 11) is 1.96. The Kier molecular flexibility index (Phi) is 2.78. The van der Waals surface area contributed by atoms with Crippen LogP contribution in [0.4, 0.5) is 0 Å². The van der Waals surface area contributed by atoms with Gasteiger partial charge < -0.3 is 9.55 Å². The van der Waals surface area contributed by atoms with Crippen LogP contribution in [0, 0.1) is 18.6 Å². The van der Waals surface area contributed by atoms with Crippen LogP contribution in [0.3, 0.4) is 0 Å². The van der Waals surface area contributed by atoms with Gasteiger partial charge in [0, 0.05) is 18.3 Å². The Morgan fingerprint density at radius 1 is 1.32 bits per heavy atom. The first-order valence-corrected chi connectivity index (χ1v) is 6.64. The fourth-order valence-corrected chi connectivity index (χ4v) is 2.58. The molecule has 2 heterocycles. The van der Waals surface area contributed by atoms with Gasteiger partial charge in [0.05, 0.1) is 23.8 Å². The van der Waals surface area contributed by atoms with E-state index in [4.69, 9.17) is 12.2 Å². The highest BCUT2D eigenvalue weighted by atomic mass is 32.1. The lowest BCUT2D eigenvalue weighted by atomic mass is 10.2. The van der Waals surface area contributed by atoms with Gasteiger partial charge in [0.2, 0.25) is 0 Å². The molecule has 0 amide bonds. The molecule has 0 radical (unpaired) electrons. The van der Waals surface area contributed by atoms with Crippen LogP contribution in [0.5, 0.6) is 0 Å². The molecular weight excluding hydrogens is 256 g/mol. The van der Waals surface area contributed by atoms with E-state index in [1.807, 2.05) is 17.9 Å². The predicted molar refractivity (Wildman–Crippen MR) is 78.9 cm³/mol. The van der Waals surface area contributed by atoms with Crippen molar-refractivity contribution in [1.29, 1.82) is 0 Å². The number of fused-ring (bicyclic) bond motifs is 1. The van der Waals surface area contributed by atoms with Crippen LogP contribution in [0.25, 0.3) is 11.0 Å². The number of rotatable bonds is 2. The molecule has 0 unspecified atom stereocenters. The molecule has 0 spiro atoms. The van der Waals surface area contributed by atoms with Crippen molar-refractivity contribution < 1.29 is 0 Å². The summed E-state index contributed by atoms with van der Waals surface area (Å²) in [4.78, 5) is 3.26. The zero-order chi connectivity index (χ0) is 13.6. The van der Waals surface area contributed by atoms with Crippen LogP contribution in [-0.4, -0.2) is 19.3 Å². The normalized spacial score (nSPS) is 11.3. The molecule has 19 heavy (non-hydrogen) atoms. The van der Waals surface area contributed by atoms with Gasteiger partial charge in [-0.3, -0.25) is 4.68 Å². The minimum atomic E-state index is 0.752. The van der Waals surface area contributed by atoms with E-state index in [-0.39, 0.29) is 0 Å². The number of hydrogen-bond acceptors (Lipinski definition) is 2. The maximum absolute atomic E-state index is 5.43. The number of imidazole rings is 1. The van der Waals surface area contributed by atoms with Crippen molar-refractivity contribution >= 4 is 23.3 Å². The second-order valence-electron chi connectivity index (χ2n) is 4.92. The van der Waals surface area contributed by atoms with Gasteiger partial charge in [-0.05, 0) is 43.8 Å². The van der Waals surface area contributed by atoms with Gasteiger partial charge >= 0.3 is 0 Å². The summed E-state index contributed by atoms with van der Waals surface area (Å²) in [6, 6.07) is 6.35. The average molecular weight is 272 g/mol. The Labute approximate surface area is 116 Å². The van der Waals surface area contributed by atoms with Gasteiger partial charge in [0.1, 0.15) is 0 Å². The monoisotopic (exact) mass is 272 g/mol. The van der Waals surface area contributed by atoms with Crippen molar-refractivity contribution in [3.63, 3.8) is 0 Å². The van der Waals surface area contributed by atoms with Crippen LogP contribution in [0.15, 0.2) is 24.4 Å². The number of hydrogen-bond donors (Lipinski definition) is 1. The molecule has 4 nitrogen and oxygen atoms in total. The molecule has 0 saturated heterocycles. The number of aryl methyl sites for hydroxylation is 2. The van der Waals surface area contributed by atoms with E-state index >= 15 is 0 Å². The first-order valence-electron chi connectivity index (χ1n) is 6.23. The molecule has 0 aliphatic rings. The molecule has 98 valence electrons. The molecule has 3 rings (SSSR count). The Morgan fingerprint density at radius 3 is 2.79 bits per heavy atom. The lowest BCUT2D eigenvalue weighted by molar-refractivity contribution is 0.732. The van der Waals surface area contributed by atoms with Gasteiger partial charge in [0.15, 0.2) is 4.77 Å². The van der Waals surface area contributed by atoms with Crippen molar-refractivity contribution in [2.24, 2.45) is 7.05 Å². The van der Waals surface area contributed by atoms with E-state index in [1.165, 1.54) is 16.8 Å². The highest BCUT2D eigenvalue weighted by molar-refractivity contribution is 7.71. The third kappa shape index (κ3) is 2.00. The summed E-state index contributed by atoms with van der Waals surface area (Å²) in [6.07, 6.45) is 1.91. The quantitative estimate of drug-likeness (QED) is 0.728. The van der Waals surface area contributed by atoms with Gasteiger partial charge in [-0.2, -0.15) is 5.10 Å². The lowest BCUT2D eigenvalue weighted by Gasteiger charge is -2.04. The van der Waals surface area contributed by atoms with Gasteiger partial charge in [-0.15, -0.1) is 0 Å². The molecule has 0 aliphatic heterocycles. The van der Waals surface area contributed by atoms with E-state index in [2.05, 4.69) is 46.7 Å². The molecule has 0 bridgehead atoms. The van der Waals surface area contributed by atoms with Crippen LogP contribution in [0.1, 0.15) is 16.8 Å². The number of nitrogens with one attached hydrogen (secondary N) is 1. The number of aromatic amines is 1. The zero-order valence-corrected chi connectivity index (χ0v) is 12.1. The van der Waals surface area contributed by atoms with Gasteiger partial charge in [0.25, 0.3) is 0 Å². The number of aromatic nitrogens is 4. The Hall–Kier alpha value is -1.88. The second kappa shape index (κ2) is 4.35. The topological polar surface area (TPSA) is 38.5 Å². The largest absolute Gasteiger partial charge is 0.331 e. The molecule has 1 N–H and O–H groups in total. The fourth-order valence-electron chi connectivity index (χ4n) is 2.30.